The second-order valence-corrected chi connectivity index (χ2v) is 11.9. The second kappa shape index (κ2) is 15.1. The number of nitrogens with zero attached hydrogens (tertiary/aromatic N) is 2. The Morgan fingerprint density at radius 3 is 2.65 bits per heavy atom. The Balaban J connectivity index is 1.33. The lowest BCUT2D eigenvalue weighted by atomic mass is 9.89. The highest BCUT2D eigenvalue weighted by Crippen LogP contribution is 2.33. The van der Waals surface area contributed by atoms with Crippen LogP contribution in [0.25, 0.3) is 10.9 Å². The predicted molar refractivity (Wildman–Crippen MR) is 171 cm³/mol. The number of aromatic nitrogens is 1. The molecule has 2 saturated heterocycles. The SMILES string of the molecule is COc1cc(C(=O)NC2CCOCC2)ccc1NCC#Cc1cc2c(N[C@@H]3CCN(C)C[C@@H]3CCF)cccc2n1CC(F)(F)F. The zero-order valence-electron chi connectivity index (χ0n) is 26.2. The Morgan fingerprint density at radius 1 is 1.11 bits per heavy atom. The van der Waals surface area contributed by atoms with Crippen molar-refractivity contribution in [3.05, 3.63) is 53.7 Å². The molecular formula is C34H41F4N5O3. The fraction of sp³-hybridized carbons (Fsp3) is 0.500. The number of piperidine rings is 1. The van der Waals surface area contributed by atoms with Gasteiger partial charge in [0.1, 0.15) is 12.3 Å². The van der Waals surface area contributed by atoms with Crippen LogP contribution in [-0.4, -0.2) is 87.3 Å². The largest absolute Gasteiger partial charge is 0.495 e. The minimum Gasteiger partial charge on any atom is -0.495 e. The van der Waals surface area contributed by atoms with E-state index < -0.39 is 19.4 Å². The average molecular weight is 644 g/mol. The summed E-state index contributed by atoms with van der Waals surface area (Å²) >= 11 is 0. The molecule has 248 valence electrons. The third-order valence-corrected chi connectivity index (χ3v) is 8.64. The molecule has 3 aromatic rings. The van der Waals surface area contributed by atoms with Gasteiger partial charge in [0.25, 0.3) is 5.91 Å². The number of benzene rings is 2. The first kappa shape index (κ1) is 33.4. The van der Waals surface area contributed by atoms with E-state index in [0.29, 0.717) is 53.2 Å². The van der Waals surface area contributed by atoms with Crippen LogP contribution in [0.4, 0.5) is 28.9 Å². The van der Waals surface area contributed by atoms with Crippen LogP contribution >= 0.6 is 0 Å². The second-order valence-electron chi connectivity index (χ2n) is 11.9. The number of alkyl halides is 4. The number of methoxy groups -OCH3 is 1. The summed E-state index contributed by atoms with van der Waals surface area (Å²) in [4.78, 5) is 14.9. The third-order valence-electron chi connectivity index (χ3n) is 8.64. The van der Waals surface area contributed by atoms with Crippen LogP contribution in [0.2, 0.25) is 0 Å². The predicted octanol–water partition coefficient (Wildman–Crippen LogP) is 5.68. The number of hydrogen-bond donors (Lipinski definition) is 3. The molecule has 0 bridgehead atoms. The molecule has 8 nitrogen and oxygen atoms in total. The van der Waals surface area contributed by atoms with Crippen LogP contribution in [0.3, 0.4) is 0 Å². The van der Waals surface area contributed by atoms with Gasteiger partial charge in [-0.15, -0.1) is 0 Å². The highest BCUT2D eigenvalue weighted by molar-refractivity contribution is 5.96. The van der Waals surface area contributed by atoms with Crippen LogP contribution in [0.5, 0.6) is 5.75 Å². The van der Waals surface area contributed by atoms with E-state index in [2.05, 4.69) is 32.7 Å². The summed E-state index contributed by atoms with van der Waals surface area (Å²) in [6, 6.07) is 12.0. The molecule has 12 heteroatoms. The van der Waals surface area contributed by atoms with Crippen LogP contribution in [0, 0.1) is 17.8 Å². The number of fused-ring (bicyclic) bond motifs is 1. The number of rotatable bonds is 10. The summed E-state index contributed by atoms with van der Waals surface area (Å²) in [5, 5.41) is 10.3. The fourth-order valence-electron chi connectivity index (χ4n) is 6.26. The number of amides is 1. The van der Waals surface area contributed by atoms with E-state index in [9.17, 15) is 22.4 Å². The molecule has 0 spiro atoms. The van der Waals surface area contributed by atoms with E-state index in [1.165, 1.54) is 11.7 Å². The van der Waals surface area contributed by atoms with Crippen LogP contribution in [0.15, 0.2) is 42.5 Å². The van der Waals surface area contributed by atoms with Crippen molar-refractivity contribution in [2.75, 3.05) is 64.3 Å². The Kier molecular flexibility index (Phi) is 11.0. The minimum absolute atomic E-state index is 0.0107. The van der Waals surface area contributed by atoms with Gasteiger partial charge in [-0.25, -0.2) is 0 Å². The van der Waals surface area contributed by atoms with Crippen molar-refractivity contribution in [2.24, 2.45) is 5.92 Å². The molecule has 2 fully saturated rings. The van der Waals surface area contributed by atoms with Gasteiger partial charge in [-0.2, -0.15) is 13.2 Å². The van der Waals surface area contributed by atoms with Crippen molar-refractivity contribution in [2.45, 2.75) is 50.5 Å². The smallest absolute Gasteiger partial charge is 0.406 e. The molecule has 2 aliphatic rings. The van der Waals surface area contributed by atoms with Crippen LogP contribution in [0.1, 0.15) is 41.7 Å². The third kappa shape index (κ3) is 8.44. The molecule has 1 amide bonds. The first-order valence-electron chi connectivity index (χ1n) is 15.6. The number of nitrogens with one attached hydrogen (secondary N) is 3. The van der Waals surface area contributed by atoms with Gasteiger partial charge in [0, 0.05) is 48.5 Å². The normalized spacial score (nSPS) is 19.3. The molecule has 0 saturated carbocycles. The molecule has 3 heterocycles. The molecule has 2 aromatic carbocycles. The Labute approximate surface area is 266 Å². The maximum Gasteiger partial charge on any atom is 0.406 e. The van der Waals surface area contributed by atoms with Gasteiger partial charge in [-0.05, 0) is 87.5 Å². The fourth-order valence-corrected chi connectivity index (χ4v) is 6.26. The Bertz CT molecular complexity index is 1560. The van der Waals surface area contributed by atoms with Gasteiger partial charge in [0.2, 0.25) is 0 Å². The topological polar surface area (TPSA) is 79.8 Å². The van der Waals surface area contributed by atoms with Gasteiger partial charge in [0.05, 0.1) is 37.2 Å². The van der Waals surface area contributed by atoms with Crippen molar-refractivity contribution in [1.82, 2.24) is 14.8 Å². The van der Waals surface area contributed by atoms with Crippen molar-refractivity contribution in [3.63, 3.8) is 0 Å². The summed E-state index contributed by atoms with van der Waals surface area (Å²) in [6.45, 7) is 1.38. The summed E-state index contributed by atoms with van der Waals surface area (Å²) in [5.74, 6) is 6.21. The van der Waals surface area contributed by atoms with E-state index in [1.807, 2.05) is 13.1 Å². The van der Waals surface area contributed by atoms with Gasteiger partial charge in [-0.1, -0.05) is 12.0 Å². The van der Waals surface area contributed by atoms with Crippen molar-refractivity contribution >= 4 is 28.2 Å². The summed E-state index contributed by atoms with van der Waals surface area (Å²) in [5.41, 5.74) is 2.42. The molecule has 2 aliphatic heterocycles. The zero-order valence-corrected chi connectivity index (χ0v) is 26.2. The van der Waals surface area contributed by atoms with E-state index in [-0.39, 0.29) is 36.1 Å². The monoisotopic (exact) mass is 643 g/mol. The number of likely N-dealkylation sites (tertiary alicyclic amines) is 1. The van der Waals surface area contributed by atoms with Gasteiger partial charge in [-0.3, -0.25) is 9.18 Å². The standard InChI is InChI=1S/C34H41F4N5O3/c1-42-16-11-28(24(21-42)10-14-35)41-29-6-3-7-31-27(29)20-26(43(31)22-34(36,37)38)5-4-15-39-30-9-8-23(19-32(30)45-2)33(44)40-25-12-17-46-18-13-25/h3,6-9,19-20,24-25,28,39,41H,10-18,21-22H2,1-2H3,(H,40,44)/t24-,28+/m0/s1. The maximum atomic E-state index is 13.7. The summed E-state index contributed by atoms with van der Waals surface area (Å²) in [7, 11) is 3.51. The first-order valence-corrected chi connectivity index (χ1v) is 15.6. The molecular weight excluding hydrogens is 602 g/mol. The molecule has 0 aliphatic carbocycles. The van der Waals surface area contributed by atoms with Crippen molar-refractivity contribution < 1.29 is 31.8 Å². The number of carbonyl (C=O) groups is 1. The molecule has 2 atom stereocenters. The Hall–Kier alpha value is -3.95. The molecule has 0 unspecified atom stereocenters. The highest BCUT2D eigenvalue weighted by Gasteiger charge is 2.31. The molecule has 5 rings (SSSR count). The molecule has 46 heavy (non-hydrogen) atoms. The maximum absolute atomic E-state index is 13.7. The number of carbonyl (C=O) groups excluding carboxylic acids is 1. The zero-order chi connectivity index (χ0) is 32.7. The quantitative estimate of drug-likeness (QED) is 0.195. The molecule has 0 radical (unpaired) electrons. The molecule has 1 aromatic heterocycles. The van der Waals surface area contributed by atoms with Crippen molar-refractivity contribution in [3.8, 4) is 17.6 Å². The average Bonchev–Trinajstić information content (AvgIpc) is 3.37. The lowest BCUT2D eigenvalue weighted by Gasteiger charge is -2.37. The van der Waals surface area contributed by atoms with Gasteiger partial charge < -0.3 is 34.9 Å². The number of ether oxygens (including phenoxy) is 2. The van der Waals surface area contributed by atoms with E-state index in [1.54, 1.807) is 36.4 Å². The first-order chi connectivity index (χ1) is 22.1. The highest BCUT2D eigenvalue weighted by atomic mass is 19.4. The number of hydrogen-bond acceptors (Lipinski definition) is 6. The molecule has 3 N–H and O–H groups in total. The summed E-state index contributed by atoms with van der Waals surface area (Å²) < 4.78 is 66.4. The number of anilines is 2. The lowest BCUT2D eigenvalue weighted by molar-refractivity contribution is -0.140. The van der Waals surface area contributed by atoms with E-state index >= 15 is 0 Å². The lowest BCUT2D eigenvalue weighted by Crippen LogP contribution is -2.45. The van der Waals surface area contributed by atoms with Gasteiger partial charge >= 0.3 is 6.18 Å². The van der Waals surface area contributed by atoms with E-state index in [4.69, 9.17) is 9.47 Å². The van der Waals surface area contributed by atoms with Gasteiger partial charge in [0.15, 0.2) is 0 Å². The van der Waals surface area contributed by atoms with E-state index in [0.717, 1.165) is 32.4 Å². The van der Waals surface area contributed by atoms with Crippen LogP contribution in [-0.2, 0) is 11.3 Å². The summed E-state index contributed by atoms with van der Waals surface area (Å²) in [6.07, 6.45) is -1.69. The Morgan fingerprint density at radius 2 is 1.91 bits per heavy atom. The van der Waals surface area contributed by atoms with Crippen molar-refractivity contribution in [1.29, 1.82) is 0 Å². The minimum atomic E-state index is -4.45. The number of halogens is 4. The van der Waals surface area contributed by atoms with Crippen LogP contribution < -0.4 is 20.7 Å².